The molecular formula is C20H19FN4O2. The van der Waals surface area contributed by atoms with Gasteiger partial charge in [0.25, 0.3) is 0 Å². The Morgan fingerprint density at radius 2 is 2.04 bits per heavy atom. The molecule has 1 saturated carbocycles. The van der Waals surface area contributed by atoms with Crippen molar-refractivity contribution in [3.8, 4) is 11.6 Å². The molecule has 1 amide bonds. The molecule has 2 aromatic heterocycles. The highest BCUT2D eigenvalue weighted by Gasteiger charge is 2.52. The van der Waals surface area contributed by atoms with Gasteiger partial charge in [-0.05, 0) is 31.9 Å². The zero-order valence-corrected chi connectivity index (χ0v) is 15.1. The largest absolute Gasteiger partial charge is 0.481 e. The zero-order chi connectivity index (χ0) is 19.0. The number of nitrogens with one attached hydrogen (secondary N) is 1. The Hall–Kier alpha value is -3.22. The molecule has 1 aliphatic carbocycles. The van der Waals surface area contributed by atoms with Crippen molar-refractivity contribution in [1.29, 1.82) is 0 Å². The number of pyridine rings is 1. The van der Waals surface area contributed by atoms with Gasteiger partial charge in [-0.15, -0.1) is 0 Å². The van der Waals surface area contributed by atoms with E-state index < -0.39 is 5.41 Å². The molecule has 1 N–H and O–H groups in total. The highest BCUT2D eigenvalue weighted by Crippen LogP contribution is 2.49. The first kappa shape index (κ1) is 17.2. The minimum absolute atomic E-state index is 0.234. The summed E-state index contributed by atoms with van der Waals surface area (Å²) in [6.07, 6.45) is 4.64. The highest BCUT2D eigenvalue weighted by atomic mass is 19.1. The van der Waals surface area contributed by atoms with Gasteiger partial charge in [0.15, 0.2) is 5.82 Å². The molecule has 0 saturated heterocycles. The molecule has 0 bridgehead atoms. The van der Waals surface area contributed by atoms with Gasteiger partial charge in [0, 0.05) is 29.6 Å². The number of rotatable bonds is 5. The van der Waals surface area contributed by atoms with Crippen LogP contribution >= 0.6 is 0 Å². The normalized spacial score (nSPS) is 14.6. The topological polar surface area (TPSA) is 69.0 Å². The van der Waals surface area contributed by atoms with Gasteiger partial charge in [-0.3, -0.25) is 4.79 Å². The Kier molecular flexibility index (Phi) is 4.14. The van der Waals surface area contributed by atoms with Gasteiger partial charge in [0.2, 0.25) is 11.8 Å². The summed E-state index contributed by atoms with van der Waals surface area (Å²) in [6, 6.07) is 9.96. The Labute approximate surface area is 156 Å². The highest BCUT2D eigenvalue weighted by molar-refractivity contribution is 6.00. The van der Waals surface area contributed by atoms with Crippen molar-refractivity contribution < 1.29 is 13.9 Å². The third kappa shape index (κ3) is 2.95. The predicted octanol–water partition coefficient (Wildman–Crippen LogP) is 3.39. The second-order valence-corrected chi connectivity index (χ2v) is 6.63. The number of benzene rings is 1. The van der Waals surface area contributed by atoms with Crippen LogP contribution in [0.2, 0.25) is 0 Å². The number of nitrogens with zero attached hydrogens (tertiary/aromatic N) is 3. The number of methoxy groups -OCH3 is 1. The first-order valence-electron chi connectivity index (χ1n) is 8.67. The van der Waals surface area contributed by atoms with E-state index in [1.807, 2.05) is 13.0 Å². The van der Waals surface area contributed by atoms with Crippen molar-refractivity contribution >= 4 is 11.7 Å². The zero-order valence-electron chi connectivity index (χ0n) is 15.1. The van der Waals surface area contributed by atoms with Crippen LogP contribution in [-0.4, -0.2) is 27.8 Å². The molecule has 0 radical (unpaired) electrons. The number of carbonyl (C=O) groups is 1. The molecule has 2 heterocycles. The molecule has 0 atom stereocenters. The molecule has 0 spiro atoms. The Bertz CT molecular complexity index is 1010. The second-order valence-electron chi connectivity index (χ2n) is 6.63. The summed E-state index contributed by atoms with van der Waals surface area (Å²) in [7, 11) is 1.56. The lowest BCUT2D eigenvalue weighted by Crippen LogP contribution is -2.29. The van der Waals surface area contributed by atoms with Gasteiger partial charge in [0.05, 0.1) is 18.2 Å². The number of amides is 1. The third-order valence-electron chi connectivity index (χ3n) is 4.97. The van der Waals surface area contributed by atoms with Crippen molar-refractivity contribution in [2.45, 2.75) is 25.2 Å². The van der Waals surface area contributed by atoms with Crippen molar-refractivity contribution in [2.75, 3.05) is 12.4 Å². The first-order valence-corrected chi connectivity index (χ1v) is 8.67. The van der Waals surface area contributed by atoms with E-state index >= 15 is 0 Å². The fourth-order valence-corrected chi connectivity index (χ4v) is 3.31. The van der Waals surface area contributed by atoms with Gasteiger partial charge in [0.1, 0.15) is 5.82 Å². The predicted molar refractivity (Wildman–Crippen MR) is 98.6 cm³/mol. The summed E-state index contributed by atoms with van der Waals surface area (Å²) in [6.45, 7) is 1.89. The lowest BCUT2D eigenvalue weighted by molar-refractivity contribution is -0.118. The maximum atomic E-state index is 14.1. The summed E-state index contributed by atoms with van der Waals surface area (Å²) in [5.41, 5.74) is 1.28. The quantitative estimate of drug-likeness (QED) is 0.751. The van der Waals surface area contributed by atoms with Crippen molar-refractivity contribution in [2.24, 2.45) is 0 Å². The molecule has 0 unspecified atom stereocenters. The smallest absolute Gasteiger partial charge is 0.236 e. The van der Waals surface area contributed by atoms with Gasteiger partial charge >= 0.3 is 0 Å². The van der Waals surface area contributed by atoms with E-state index in [0.717, 1.165) is 11.3 Å². The molecule has 1 aliphatic rings. The molecule has 3 aromatic rings. The van der Waals surface area contributed by atoms with Crippen LogP contribution in [0.1, 0.15) is 24.0 Å². The number of halogens is 1. The Morgan fingerprint density at radius 1 is 1.26 bits per heavy atom. The molecule has 0 aliphatic heterocycles. The van der Waals surface area contributed by atoms with Crippen LogP contribution in [0.15, 0.2) is 48.8 Å². The van der Waals surface area contributed by atoms with E-state index in [-0.39, 0.29) is 11.7 Å². The fourth-order valence-electron chi connectivity index (χ4n) is 3.31. The minimum atomic E-state index is -0.801. The Morgan fingerprint density at radius 3 is 2.74 bits per heavy atom. The summed E-state index contributed by atoms with van der Waals surface area (Å²) in [5.74, 6) is 0.347. The average molecular weight is 366 g/mol. The molecule has 1 aromatic carbocycles. The standard InChI is InChI=1S/C20H19FN4O2/c1-13-16(7-11-22-18(13)27-2)25-12-8-17(24-25)23-19(26)20(9-10-20)14-5-3-4-6-15(14)21/h3-8,11-12H,9-10H2,1-2H3,(H,23,24,26). The number of ether oxygens (including phenoxy) is 1. The van der Waals surface area contributed by atoms with Crippen LogP contribution in [0.4, 0.5) is 10.2 Å². The minimum Gasteiger partial charge on any atom is -0.481 e. The maximum absolute atomic E-state index is 14.1. The SMILES string of the molecule is COc1nccc(-n2ccc(NC(=O)C3(c4ccccc4F)CC3)n2)c1C. The molecule has 138 valence electrons. The van der Waals surface area contributed by atoms with Crippen molar-refractivity contribution in [3.63, 3.8) is 0 Å². The van der Waals surface area contributed by atoms with Crippen LogP contribution in [0.3, 0.4) is 0 Å². The Balaban J connectivity index is 1.57. The van der Waals surface area contributed by atoms with Crippen LogP contribution in [-0.2, 0) is 10.2 Å². The first-order chi connectivity index (χ1) is 13.0. The lowest BCUT2D eigenvalue weighted by Gasteiger charge is -2.15. The van der Waals surface area contributed by atoms with Gasteiger partial charge < -0.3 is 10.1 Å². The van der Waals surface area contributed by atoms with Crippen LogP contribution in [0, 0.1) is 12.7 Å². The molecule has 27 heavy (non-hydrogen) atoms. The van der Waals surface area contributed by atoms with Crippen LogP contribution in [0.5, 0.6) is 5.88 Å². The summed E-state index contributed by atoms with van der Waals surface area (Å²) >= 11 is 0. The van der Waals surface area contributed by atoms with Crippen molar-refractivity contribution in [1.82, 2.24) is 14.8 Å². The summed E-state index contributed by atoms with van der Waals surface area (Å²) in [4.78, 5) is 17.0. The molecule has 7 heteroatoms. The van der Waals surface area contributed by atoms with E-state index in [1.54, 1.807) is 48.5 Å². The maximum Gasteiger partial charge on any atom is 0.236 e. The number of carbonyl (C=O) groups excluding carboxylic acids is 1. The molecule has 1 fully saturated rings. The number of hydrogen-bond acceptors (Lipinski definition) is 4. The van der Waals surface area contributed by atoms with Gasteiger partial charge in [-0.2, -0.15) is 5.10 Å². The van der Waals surface area contributed by atoms with Crippen LogP contribution < -0.4 is 10.1 Å². The number of hydrogen-bond donors (Lipinski definition) is 1. The fraction of sp³-hybridized carbons (Fsp3) is 0.250. The van der Waals surface area contributed by atoms with Crippen molar-refractivity contribution in [3.05, 3.63) is 65.7 Å². The van der Waals surface area contributed by atoms with E-state index in [9.17, 15) is 9.18 Å². The van der Waals surface area contributed by atoms with E-state index in [4.69, 9.17) is 4.74 Å². The molecule has 6 nitrogen and oxygen atoms in total. The van der Waals surface area contributed by atoms with E-state index in [2.05, 4.69) is 15.4 Å². The number of anilines is 1. The average Bonchev–Trinajstić information content (AvgIpc) is 3.35. The summed E-state index contributed by atoms with van der Waals surface area (Å²) in [5, 5.41) is 7.25. The number of aromatic nitrogens is 3. The molecular weight excluding hydrogens is 347 g/mol. The monoisotopic (exact) mass is 366 g/mol. The lowest BCUT2D eigenvalue weighted by atomic mass is 9.94. The third-order valence-corrected chi connectivity index (χ3v) is 4.97. The second kappa shape index (κ2) is 6.50. The van der Waals surface area contributed by atoms with E-state index in [1.165, 1.54) is 6.07 Å². The molecule has 4 rings (SSSR count). The van der Waals surface area contributed by atoms with Gasteiger partial charge in [-0.1, -0.05) is 18.2 Å². The van der Waals surface area contributed by atoms with Gasteiger partial charge in [-0.25, -0.2) is 14.1 Å². The van der Waals surface area contributed by atoms with Crippen LogP contribution in [0.25, 0.3) is 5.69 Å². The van der Waals surface area contributed by atoms with E-state index in [0.29, 0.717) is 30.1 Å². The summed E-state index contributed by atoms with van der Waals surface area (Å²) < 4.78 is 21.0.